The molecule has 0 saturated heterocycles. The fraction of sp³-hybridized carbons (Fsp3) is 0.435. The van der Waals surface area contributed by atoms with Crippen molar-refractivity contribution >= 4 is 29.1 Å². The van der Waals surface area contributed by atoms with Crippen molar-refractivity contribution in [3.63, 3.8) is 0 Å². The fourth-order valence-electron chi connectivity index (χ4n) is 4.12. The maximum atomic E-state index is 13.2. The number of thioether (sulfide) groups is 1. The highest BCUT2D eigenvalue weighted by atomic mass is 32.2. The number of nitrogens with zero attached hydrogens (tertiary/aromatic N) is 2. The van der Waals surface area contributed by atoms with Crippen LogP contribution < -0.4 is 15.8 Å². The van der Waals surface area contributed by atoms with Crippen LogP contribution >= 0.6 is 11.8 Å². The van der Waals surface area contributed by atoms with Crippen molar-refractivity contribution in [1.82, 2.24) is 9.97 Å². The number of rotatable bonds is 6. The van der Waals surface area contributed by atoms with Gasteiger partial charge in [-0.2, -0.15) is 0 Å². The first kappa shape index (κ1) is 20.7. The topological polar surface area (TPSA) is 78.1 Å². The molecular formula is C23H28N4O2S. The molecule has 0 amide bonds. The van der Waals surface area contributed by atoms with Gasteiger partial charge in [-0.15, -0.1) is 0 Å². The minimum absolute atomic E-state index is 0.122. The highest BCUT2D eigenvalue weighted by molar-refractivity contribution is 7.99. The Labute approximate surface area is 181 Å². The van der Waals surface area contributed by atoms with Gasteiger partial charge < -0.3 is 15.2 Å². The van der Waals surface area contributed by atoms with Crippen molar-refractivity contribution in [3.05, 3.63) is 57.0 Å². The number of Topliss-reactive ketones (excluding diaryl/α,β-unsaturated/α-hetero) is 1. The van der Waals surface area contributed by atoms with Crippen molar-refractivity contribution < 1.29 is 4.79 Å². The van der Waals surface area contributed by atoms with Gasteiger partial charge in [0.2, 0.25) is 0 Å². The molecule has 0 radical (unpaired) electrons. The molecule has 0 fully saturated rings. The Morgan fingerprint density at radius 3 is 2.63 bits per heavy atom. The maximum absolute atomic E-state index is 13.2. The molecule has 0 saturated carbocycles. The monoisotopic (exact) mass is 424 g/mol. The molecule has 0 bridgehead atoms. The Bertz CT molecular complexity index is 1040. The van der Waals surface area contributed by atoms with Gasteiger partial charge in [0, 0.05) is 49.1 Å². The Morgan fingerprint density at radius 1 is 1.17 bits per heavy atom. The highest BCUT2D eigenvalue weighted by Gasteiger charge is 2.37. The van der Waals surface area contributed by atoms with Gasteiger partial charge in [-0.1, -0.05) is 37.2 Å². The normalized spacial score (nSPS) is 18.0. The van der Waals surface area contributed by atoms with E-state index in [9.17, 15) is 9.59 Å². The number of hydrogen-bond acceptors (Lipinski definition) is 6. The Kier molecular flexibility index (Phi) is 5.99. The van der Waals surface area contributed by atoms with Crippen LogP contribution in [0.15, 0.2) is 45.5 Å². The van der Waals surface area contributed by atoms with E-state index in [2.05, 4.69) is 17.2 Å². The molecule has 1 aliphatic heterocycles. The summed E-state index contributed by atoms with van der Waals surface area (Å²) in [7, 11) is 3.99. The molecule has 4 rings (SSSR count). The molecule has 1 atom stereocenters. The lowest BCUT2D eigenvalue weighted by Gasteiger charge is -2.33. The summed E-state index contributed by atoms with van der Waals surface area (Å²) in [6, 6.07) is 8.10. The van der Waals surface area contributed by atoms with Crippen molar-refractivity contribution in [3.8, 4) is 0 Å². The number of aromatic nitrogens is 2. The summed E-state index contributed by atoms with van der Waals surface area (Å²) in [4.78, 5) is 35.8. The van der Waals surface area contributed by atoms with Crippen LogP contribution in [0.2, 0.25) is 0 Å². The van der Waals surface area contributed by atoms with Crippen LogP contribution in [0, 0.1) is 0 Å². The lowest BCUT2D eigenvalue weighted by atomic mass is 9.76. The minimum Gasteiger partial charge on any atom is -0.378 e. The lowest BCUT2D eigenvalue weighted by molar-refractivity contribution is -0.116. The van der Waals surface area contributed by atoms with E-state index in [1.165, 1.54) is 0 Å². The second-order valence-electron chi connectivity index (χ2n) is 8.05. The number of hydrogen-bond donors (Lipinski definition) is 2. The number of fused-ring (bicyclic) bond motifs is 1. The number of allylic oxidation sites excluding steroid dienone is 2. The van der Waals surface area contributed by atoms with Crippen LogP contribution in [0.25, 0.3) is 0 Å². The van der Waals surface area contributed by atoms with Gasteiger partial charge in [-0.05, 0) is 37.0 Å². The second-order valence-corrected chi connectivity index (χ2v) is 9.13. The molecule has 2 N–H and O–H groups in total. The first-order valence-corrected chi connectivity index (χ1v) is 11.6. The molecule has 1 aromatic carbocycles. The SMILES string of the molecule is CCCCSc1nc2c(c(=O)[nH]1)C(c1ccc(N(C)C)cc1)C1=C(CCCC1=O)N2. The molecule has 158 valence electrons. The van der Waals surface area contributed by atoms with E-state index in [-0.39, 0.29) is 17.3 Å². The van der Waals surface area contributed by atoms with Crippen molar-refractivity contribution in [2.75, 3.05) is 30.1 Å². The second kappa shape index (κ2) is 8.68. The van der Waals surface area contributed by atoms with E-state index in [0.29, 0.717) is 23.0 Å². The van der Waals surface area contributed by atoms with Crippen LogP contribution in [0.4, 0.5) is 11.5 Å². The Hall–Kier alpha value is -2.54. The molecule has 30 heavy (non-hydrogen) atoms. The average Bonchev–Trinajstić information content (AvgIpc) is 2.73. The lowest BCUT2D eigenvalue weighted by Crippen LogP contribution is -2.32. The molecule has 2 heterocycles. The number of H-pyrrole nitrogens is 1. The quantitative estimate of drug-likeness (QED) is 0.409. The summed E-state index contributed by atoms with van der Waals surface area (Å²) < 4.78 is 0. The van der Waals surface area contributed by atoms with E-state index < -0.39 is 0 Å². The third-order valence-electron chi connectivity index (χ3n) is 5.72. The van der Waals surface area contributed by atoms with Crippen molar-refractivity contribution in [1.29, 1.82) is 0 Å². The van der Waals surface area contributed by atoms with E-state index >= 15 is 0 Å². The van der Waals surface area contributed by atoms with E-state index in [4.69, 9.17) is 4.98 Å². The molecule has 1 unspecified atom stereocenters. The van der Waals surface area contributed by atoms with Gasteiger partial charge in [0.15, 0.2) is 10.9 Å². The van der Waals surface area contributed by atoms with Gasteiger partial charge in [-0.25, -0.2) is 4.98 Å². The predicted molar refractivity (Wildman–Crippen MR) is 123 cm³/mol. The minimum atomic E-state index is -0.383. The van der Waals surface area contributed by atoms with Crippen LogP contribution in [-0.2, 0) is 4.79 Å². The average molecular weight is 425 g/mol. The van der Waals surface area contributed by atoms with E-state index in [0.717, 1.165) is 54.0 Å². The summed E-state index contributed by atoms with van der Waals surface area (Å²) in [6.45, 7) is 2.14. The number of unbranched alkanes of at least 4 members (excludes halogenated alkanes) is 1. The first-order valence-electron chi connectivity index (χ1n) is 10.6. The molecule has 7 heteroatoms. The predicted octanol–water partition coefficient (Wildman–Crippen LogP) is 4.29. The summed E-state index contributed by atoms with van der Waals surface area (Å²) >= 11 is 1.57. The molecular weight excluding hydrogens is 396 g/mol. The van der Waals surface area contributed by atoms with E-state index in [1.807, 2.05) is 43.3 Å². The summed E-state index contributed by atoms with van der Waals surface area (Å²) in [5.74, 6) is 1.25. The Balaban J connectivity index is 1.81. The smallest absolute Gasteiger partial charge is 0.257 e. The van der Waals surface area contributed by atoms with Gasteiger partial charge in [0.1, 0.15) is 5.82 Å². The van der Waals surface area contributed by atoms with Crippen molar-refractivity contribution in [2.24, 2.45) is 0 Å². The van der Waals surface area contributed by atoms with Gasteiger partial charge in [-0.3, -0.25) is 9.59 Å². The first-order chi connectivity index (χ1) is 14.5. The van der Waals surface area contributed by atoms with Crippen LogP contribution in [-0.4, -0.2) is 35.6 Å². The van der Waals surface area contributed by atoms with Crippen LogP contribution in [0.1, 0.15) is 56.1 Å². The number of nitrogens with one attached hydrogen (secondary N) is 2. The number of carbonyl (C=O) groups is 1. The number of carbonyl (C=O) groups excluding carboxylic acids is 1. The van der Waals surface area contributed by atoms with Gasteiger partial charge in [0.25, 0.3) is 5.56 Å². The molecule has 2 aliphatic rings. The molecule has 0 spiro atoms. The largest absolute Gasteiger partial charge is 0.378 e. The summed E-state index contributed by atoms with van der Waals surface area (Å²) in [5.41, 5.74) is 4.05. The molecule has 1 aliphatic carbocycles. The third kappa shape index (κ3) is 3.90. The molecule has 1 aromatic heterocycles. The van der Waals surface area contributed by atoms with Crippen LogP contribution in [0.3, 0.4) is 0 Å². The van der Waals surface area contributed by atoms with Gasteiger partial charge in [0.05, 0.1) is 5.56 Å². The van der Waals surface area contributed by atoms with Crippen LogP contribution in [0.5, 0.6) is 0 Å². The van der Waals surface area contributed by atoms with Crippen molar-refractivity contribution in [2.45, 2.75) is 50.1 Å². The number of benzene rings is 1. The standard InChI is InChI=1S/C23H28N4O2S/c1-4-5-13-30-23-25-21-20(22(29)26-23)18(14-9-11-15(12-10-14)27(2)3)19-16(24-21)7-6-8-17(19)28/h9-12,18H,4-8,13H2,1-3H3,(H2,24,25,26,29). The summed E-state index contributed by atoms with van der Waals surface area (Å²) in [6.07, 6.45) is 4.33. The highest BCUT2D eigenvalue weighted by Crippen LogP contribution is 2.43. The summed E-state index contributed by atoms with van der Waals surface area (Å²) in [5, 5.41) is 3.97. The number of aromatic amines is 1. The van der Waals surface area contributed by atoms with E-state index in [1.54, 1.807) is 11.8 Å². The zero-order valence-corrected chi connectivity index (χ0v) is 18.6. The number of ketones is 1. The maximum Gasteiger partial charge on any atom is 0.257 e. The fourth-order valence-corrected chi connectivity index (χ4v) is 5.07. The molecule has 2 aromatic rings. The Morgan fingerprint density at radius 2 is 1.93 bits per heavy atom. The molecule has 6 nitrogen and oxygen atoms in total. The number of anilines is 2. The zero-order chi connectivity index (χ0) is 21.3. The third-order valence-corrected chi connectivity index (χ3v) is 6.68. The zero-order valence-electron chi connectivity index (χ0n) is 17.7. The van der Waals surface area contributed by atoms with Gasteiger partial charge >= 0.3 is 0 Å².